The van der Waals surface area contributed by atoms with Crippen molar-refractivity contribution >= 4 is 51.4 Å². The van der Waals surface area contributed by atoms with Crippen molar-refractivity contribution in [3.8, 4) is 0 Å². The van der Waals surface area contributed by atoms with Gasteiger partial charge in [0.05, 0.1) is 12.8 Å². The van der Waals surface area contributed by atoms with Crippen molar-refractivity contribution in [2.45, 2.75) is 13.0 Å². The minimum atomic E-state index is -0.503. The molecule has 7 nitrogen and oxygen atoms in total. The number of halogens is 1. The first-order valence-corrected chi connectivity index (χ1v) is 9.01. The maximum Gasteiger partial charge on any atom is 0.348 e. The third kappa shape index (κ3) is 4.65. The molecule has 0 bridgehead atoms. The highest BCUT2D eigenvalue weighted by molar-refractivity contribution is 7.20. The van der Waals surface area contributed by atoms with Crippen molar-refractivity contribution in [3.05, 3.63) is 47.1 Å². The highest BCUT2D eigenvalue weighted by Gasteiger charge is 2.20. The standard InChI is InChI=1S/C18H20N4O3S.ClH/c1-4-25-18(24)15-8-11-7-13(5-6-14(11)26-15)21-17(23)16(19-2)12-9-20-22(3)10-12;/h5-10,16,19H,4H2,1-3H3,(H,21,23);1H. The zero-order valence-corrected chi connectivity index (χ0v) is 16.8. The molecule has 1 aromatic carbocycles. The van der Waals surface area contributed by atoms with Crippen LogP contribution in [0.1, 0.15) is 28.2 Å². The summed E-state index contributed by atoms with van der Waals surface area (Å²) in [4.78, 5) is 25.0. The highest BCUT2D eigenvalue weighted by atomic mass is 35.5. The van der Waals surface area contributed by atoms with Crippen LogP contribution in [0, 0.1) is 0 Å². The molecule has 0 aliphatic carbocycles. The van der Waals surface area contributed by atoms with Crippen LogP contribution in [-0.4, -0.2) is 35.3 Å². The van der Waals surface area contributed by atoms with Gasteiger partial charge in [0.2, 0.25) is 5.91 Å². The number of carbonyl (C=O) groups is 2. The summed E-state index contributed by atoms with van der Waals surface area (Å²) < 4.78 is 7.65. The molecule has 2 aromatic heterocycles. The predicted molar refractivity (Wildman–Crippen MR) is 109 cm³/mol. The molecule has 0 aliphatic heterocycles. The zero-order chi connectivity index (χ0) is 18.7. The van der Waals surface area contributed by atoms with Crippen LogP contribution in [0.15, 0.2) is 36.7 Å². The Morgan fingerprint density at radius 3 is 2.74 bits per heavy atom. The van der Waals surface area contributed by atoms with Gasteiger partial charge in [-0.25, -0.2) is 4.79 Å². The van der Waals surface area contributed by atoms with E-state index < -0.39 is 6.04 Å². The van der Waals surface area contributed by atoms with E-state index in [-0.39, 0.29) is 24.3 Å². The number of amides is 1. The van der Waals surface area contributed by atoms with Crippen LogP contribution in [0.25, 0.3) is 10.1 Å². The lowest BCUT2D eigenvalue weighted by molar-refractivity contribution is -0.118. The number of fused-ring (bicyclic) bond motifs is 1. The quantitative estimate of drug-likeness (QED) is 0.612. The summed E-state index contributed by atoms with van der Waals surface area (Å²) in [5.74, 6) is -0.508. The van der Waals surface area contributed by atoms with Gasteiger partial charge in [-0.1, -0.05) is 0 Å². The molecule has 9 heteroatoms. The Morgan fingerprint density at radius 2 is 2.11 bits per heavy atom. The molecular weight excluding hydrogens is 388 g/mol. The molecule has 0 aliphatic rings. The lowest BCUT2D eigenvalue weighted by Crippen LogP contribution is -2.30. The summed E-state index contributed by atoms with van der Waals surface area (Å²) in [7, 11) is 3.53. The molecule has 144 valence electrons. The largest absolute Gasteiger partial charge is 0.462 e. The van der Waals surface area contributed by atoms with E-state index in [2.05, 4.69) is 15.7 Å². The smallest absolute Gasteiger partial charge is 0.348 e. The van der Waals surface area contributed by atoms with E-state index in [1.54, 1.807) is 44.2 Å². The molecule has 1 amide bonds. The molecule has 2 heterocycles. The van der Waals surface area contributed by atoms with Gasteiger partial charge >= 0.3 is 5.97 Å². The third-order valence-corrected chi connectivity index (χ3v) is 4.97. The first kappa shape index (κ1) is 20.9. The molecule has 3 aromatic rings. The summed E-state index contributed by atoms with van der Waals surface area (Å²) in [5.41, 5.74) is 1.45. The van der Waals surface area contributed by atoms with E-state index >= 15 is 0 Å². The molecule has 0 saturated heterocycles. The van der Waals surface area contributed by atoms with E-state index in [0.29, 0.717) is 17.2 Å². The van der Waals surface area contributed by atoms with Crippen LogP contribution < -0.4 is 10.6 Å². The van der Waals surface area contributed by atoms with Crippen molar-refractivity contribution in [3.63, 3.8) is 0 Å². The lowest BCUT2D eigenvalue weighted by Gasteiger charge is -2.14. The van der Waals surface area contributed by atoms with E-state index in [0.717, 1.165) is 15.6 Å². The summed E-state index contributed by atoms with van der Waals surface area (Å²) in [6, 6.07) is 6.84. The van der Waals surface area contributed by atoms with E-state index in [1.807, 2.05) is 18.2 Å². The number of benzene rings is 1. The maximum atomic E-state index is 12.6. The van der Waals surface area contributed by atoms with Crippen LogP contribution in [0.4, 0.5) is 5.69 Å². The highest BCUT2D eigenvalue weighted by Crippen LogP contribution is 2.29. The average molecular weight is 409 g/mol. The molecule has 2 N–H and O–H groups in total. The number of esters is 1. The van der Waals surface area contributed by atoms with Crippen molar-refractivity contribution in [1.82, 2.24) is 15.1 Å². The molecule has 0 radical (unpaired) electrons. The molecule has 1 atom stereocenters. The van der Waals surface area contributed by atoms with Crippen LogP contribution in [-0.2, 0) is 16.6 Å². The zero-order valence-electron chi connectivity index (χ0n) is 15.2. The van der Waals surface area contributed by atoms with Gasteiger partial charge in [-0.15, -0.1) is 23.7 Å². The van der Waals surface area contributed by atoms with Gasteiger partial charge in [0.15, 0.2) is 0 Å². The van der Waals surface area contributed by atoms with Crippen LogP contribution >= 0.6 is 23.7 Å². The Bertz CT molecular complexity index is 953. The number of rotatable bonds is 6. The number of ether oxygens (including phenoxy) is 1. The number of anilines is 1. The number of thiophene rings is 1. The number of aromatic nitrogens is 2. The molecule has 3 rings (SSSR count). The summed E-state index contributed by atoms with van der Waals surface area (Å²) in [6.07, 6.45) is 3.46. The van der Waals surface area contributed by atoms with Crippen LogP contribution in [0.2, 0.25) is 0 Å². The predicted octanol–water partition coefficient (Wildman–Crippen LogP) is 3.13. The monoisotopic (exact) mass is 408 g/mol. The van der Waals surface area contributed by atoms with Crippen molar-refractivity contribution in [2.75, 3.05) is 19.0 Å². The van der Waals surface area contributed by atoms with Gasteiger partial charge in [-0.3, -0.25) is 9.48 Å². The Balaban J connectivity index is 0.00000261. The van der Waals surface area contributed by atoms with E-state index in [1.165, 1.54) is 11.3 Å². The maximum absolute atomic E-state index is 12.6. The van der Waals surface area contributed by atoms with E-state index in [4.69, 9.17) is 4.74 Å². The number of nitrogens with one attached hydrogen (secondary N) is 2. The molecular formula is C18H21ClN4O3S. The Morgan fingerprint density at radius 1 is 1.33 bits per heavy atom. The topological polar surface area (TPSA) is 85.2 Å². The number of likely N-dealkylation sites (N-methyl/N-ethyl adjacent to an activating group) is 1. The van der Waals surface area contributed by atoms with Gasteiger partial charge in [0.25, 0.3) is 0 Å². The summed E-state index contributed by atoms with van der Waals surface area (Å²) in [5, 5.41) is 10.9. The second-order valence-corrected chi connectivity index (χ2v) is 6.83. The number of hydrogen-bond donors (Lipinski definition) is 2. The van der Waals surface area contributed by atoms with Crippen molar-refractivity contribution < 1.29 is 14.3 Å². The number of carbonyl (C=O) groups excluding carboxylic acids is 2. The second kappa shape index (κ2) is 8.98. The SMILES string of the molecule is CCOC(=O)c1cc2cc(NC(=O)C(NC)c3cnn(C)c3)ccc2s1.Cl. The first-order valence-electron chi connectivity index (χ1n) is 8.19. The number of hydrogen-bond acceptors (Lipinski definition) is 6. The number of aryl methyl sites for hydroxylation is 1. The lowest BCUT2D eigenvalue weighted by atomic mass is 10.1. The third-order valence-electron chi connectivity index (χ3n) is 3.87. The van der Waals surface area contributed by atoms with Crippen molar-refractivity contribution in [2.24, 2.45) is 7.05 Å². The first-order chi connectivity index (χ1) is 12.5. The second-order valence-electron chi connectivity index (χ2n) is 5.74. The van der Waals surface area contributed by atoms with Gasteiger partial charge in [0.1, 0.15) is 10.9 Å². The van der Waals surface area contributed by atoms with Gasteiger partial charge in [-0.2, -0.15) is 5.10 Å². The fraction of sp³-hybridized carbons (Fsp3) is 0.278. The summed E-state index contributed by atoms with van der Waals surface area (Å²) >= 11 is 1.37. The minimum Gasteiger partial charge on any atom is -0.462 e. The fourth-order valence-electron chi connectivity index (χ4n) is 2.68. The fourth-order valence-corrected chi connectivity index (χ4v) is 3.61. The normalized spacial score (nSPS) is 11.7. The molecule has 0 spiro atoms. The van der Waals surface area contributed by atoms with Crippen molar-refractivity contribution in [1.29, 1.82) is 0 Å². The van der Waals surface area contributed by atoms with Crippen LogP contribution in [0.5, 0.6) is 0 Å². The molecule has 0 fully saturated rings. The molecule has 1 unspecified atom stereocenters. The Hall–Kier alpha value is -2.42. The average Bonchev–Trinajstić information content (AvgIpc) is 3.22. The Labute approximate surface area is 167 Å². The van der Waals surface area contributed by atoms with Gasteiger partial charge < -0.3 is 15.4 Å². The van der Waals surface area contributed by atoms with Gasteiger partial charge in [0, 0.05) is 29.2 Å². The van der Waals surface area contributed by atoms with E-state index in [9.17, 15) is 9.59 Å². The minimum absolute atomic E-state index is 0. The number of nitrogens with zero attached hydrogens (tertiary/aromatic N) is 2. The summed E-state index contributed by atoms with van der Waals surface area (Å²) in [6.45, 7) is 2.12. The van der Waals surface area contributed by atoms with Crippen LogP contribution in [0.3, 0.4) is 0 Å². The molecule has 0 saturated carbocycles. The molecule has 27 heavy (non-hydrogen) atoms. The van der Waals surface area contributed by atoms with Gasteiger partial charge in [-0.05, 0) is 43.6 Å². The Kier molecular flexibility index (Phi) is 6.95.